The molecule has 1 aliphatic rings. The number of hydrogen-bond acceptors (Lipinski definition) is 3. The van der Waals surface area contributed by atoms with Crippen molar-refractivity contribution < 1.29 is 22.8 Å². The van der Waals surface area contributed by atoms with Crippen molar-refractivity contribution in [3.05, 3.63) is 0 Å². The van der Waals surface area contributed by atoms with Gasteiger partial charge in [0.25, 0.3) is 0 Å². The van der Waals surface area contributed by atoms with Gasteiger partial charge in [0.05, 0.1) is 5.92 Å². The summed E-state index contributed by atoms with van der Waals surface area (Å²) < 4.78 is 36.6. The molecular weight excluding hydrogens is 299 g/mol. The molecule has 2 N–H and O–H groups in total. The van der Waals surface area contributed by atoms with E-state index in [4.69, 9.17) is 0 Å². The molecule has 2 amide bonds. The van der Waals surface area contributed by atoms with Crippen LogP contribution < -0.4 is 10.6 Å². The fourth-order valence-electron chi connectivity index (χ4n) is 1.91. The summed E-state index contributed by atoms with van der Waals surface area (Å²) in [7, 11) is 0. The fourth-order valence-corrected chi connectivity index (χ4v) is 1.91. The molecular formula is C11H19ClF3N3O2. The van der Waals surface area contributed by atoms with E-state index in [1.807, 2.05) is 6.92 Å². The Hall–Kier alpha value is -1.02. The van der Waals surface area contributed by atoms with E-state index in [1.54, 1.807) is 0 Å². The predicted molar refractivity (Wildman–Crippen MR) is 69.5 cm³/mol. The van der Waals surface area contributed by atoms with Crippen molar-refractivity contribution in [1.82, 2.24) is 15.5 Å². The van der Waals surface area contributed by atoms with Crippen LogP contribution in [-0.4, -0.2) is 55.6 Å². The van der Waals surface area contributed by atoms with Crippen molar-refractivity contribution in [3.8, 4) is 0 Å². The standard InChI is InChI=1S/C11H18F3N3O2.ClH/c1-2-15-3-4-16-10(19)8-5-9(18)17(6-8)7-11(12,13)14;/h8,15H,2-7H2,1H3,(H,16,19);1H. The van der Waals surface area contributed by atoms with Gasteiger partial charge in [0.1, 0.15) is 6.54 Å². The maximum absolute atomic E-state index is 12.2. The topological polar surface area (TPSA) is 61.4 Å². The summed E-state index contributed by atoms with van der Waals surface area (Å²) in [5.41, 5.74) is 0. The van der Waals surface area contributed by atoms with Gasteiger partial charge in [0.2, 0.25) is 11.8 Å². The van der Waals surface area contributed by atoms with Gasteiger partial charge in [-0.1, -0.05) is 6.92 Å². The number of likely N-dealkylation sites (N-methyl/N-ethyl adjacent to an activating group) is 1. The normalized spacial score (nSPS) is 18.9. The lowest BCUT2D eigenvalue weighted by Crippen LogP contribution is -2.38. The number of carbonyl (C=O) groups is 2. The molecule has 5 nitrogen and oxygen atoms in total. The summed E-state index contributed by atoms with van der Waals surface area (Å²) in [6.07, 6.45) is -4.57. The van der Waals surface area contributed by atoms with Crippen LogP contribution in [0.4, 0.5) is 13.2 Å². The largest absolute Gasteiger partial charge is 0.406 e. The van der Waals surface area contributed by atoms with Crippen LogP contribution in [0.15, 0.2) is 0 Å². The minimum atomic E-state index is -4.42. The maximum atomic E-state index is 12.2. The van der Waals surface area contributed by atoms with E-state index in [1.165, 1.54) is 0 Å². The molecule has 0 aliphatic carbocycles. The van der Waals surface area contributed by atoms with Crippen molar-refractivity contribution in [2.75, 3.05) is 32.7 Å². The van der Waals surface area contributed by atoms with E-state index < -0.39 is 24.5 Å². The Balaban J connectivity index is 0.00000361. The Bertz CT molecular complexity index is 339. The van der Waals surface area contributed by atoms with Crippen molar-refractivity contribution >= 4 is 24.2 Å². The van der Waals surface area contributed by atoms with Gasteiger partial charge < -0.3 is 15.5 Å². The van der Waals surface area contributed by atoms with Gasteiger partial charge in [-0.05, 0) is 6.54 Å². The quantitative estimate of drug-likeness (QED) is 0.703. The van der Waals surface area contributed by atoms with Gasteiger partial charge >= 0.3 is 6.18 Å². The third-order valence-electron chi connectivity index (χ3n) is 2.81. The van der Waals surface area contributed by atoms with E-state index >= 15 is 0 Å². The number of rotatable bonds is 6. The smallest absolute Gasteiger partial charge is 0.355 e. The van der Waals surface area contributed by atoms with Crippen LogP contribution in [0.25, 0.3) is 0 Å². The first-order valence-electron chi connectivity index (χ1n) is 6.16. The molecule has 1 aliphatic heterocycles. The Morgan fingerprint density at radius 2 is 2.05 bits per heavy atom. The second-order valence-electron chi connectivity index (χ2n) is 4.44. The molecule has 0 saturated carbocycles. The number of nitrogens with one attached hydrogen (secondary N) is 2. The van der Waals surface area contributed by atoms with Crippen LogP contribution in [0.1, 0.15) is 13.3 Å². The van der Waals surface area contributed by atoms with Crippen LogP contribution in [0, 0.1) is 5.92 Å². The average molecular weight is 318 g/mol. The molecule has 0 spiro atoms. The summed E-state index contributed by atoms with van der Waals surface area (Å²) in [4.78, 5) is 23.7. The lowest BCUT2D eigenvalue weighted by Gasteiger charge is -2.18. The first-order valence-corrected chi connectivity index (χ1v) is 6.16. The molecule has 1 heterocycles. The van der Waals surface area contributed by atoms with Crippen molar-refractivity contribution in [3.63, 3.8) is 0 Å². The number of likely N-dealkylation sites (tertiary alicyclic amines) is 1. The number of amides is 2. The van der Waals surface area contributed by atoms with Crippen LogP contribution in [0.3, 0.4) is 0 Å². The Labute approximate surface area is 121 Å². The molecule has 1 fully saturated rings. The number of nitrogens with zero attached hydrogens (tertiary/aromatic N) is 1. The molecule has 20 heavy (non-hydrogen) atoms. The van der Waals surface area contributed by atoms with Crippen molar-refractivity contribution in [1.29, 1.82) is 0 Å². The summed E-state index contributed by atoms with van der Waals surface area (Å²) in [6, 6.07) is 0. The van der Waals surface area contributed by atoms with Gasteiger partial charge in [-0.2, -0.15) is 13.2 Å². The van der Waals surface area contributed by atoms with Crippen molar-refractivity contribution in [2.24, 2.45) is 5.92 Å². The van der Waals surface area contributed by atoms with Gasteiger partial charge in [0.15, 0.2) is 0 Å². The molecule has 118 valence electrons. The minimum absolute atomic E-state index is 0. The summed E-state index contributed by atoms with van der Waals surface area (Å²) in [5, 5.41) is 5.60. The molecule has 0 aromatic rings. The van der Waals surface area contributed by atoms with Crippen molar-refractivity contribution in [2.45, 2.75) is 19.5 Å². The minimum Gasteiger partial charge on any atom is -0.355 e. The predicted octanol–water partition coefficient (Wildman–Crippen LogP) is 0.545. The molecule has 0 bridgehead atoms. The summed E-state index contributed by atoms with van der Waals surface area (Å²) in [5.74, 6) is -1.67. The zero-order valence-corrected chi connectivity index (χ0v) is 11.9. The number of carbonyl (C=O) groups excluding carboxylic acids is 2. The zero-order chi connectivity index (χ0) is 14.5. The van der Waals surface area contributed by atoms with Crippen LogP contribution in [0.5, 0.6) is 0 Å². The molecule has 1 unspecified atom stereocenters. The first-order chi connectivity index (χ1) is 8.83. The van der Waals surface area contributed by atoms with Gasteiger partial charge in [0, 0.05) is 26.1 Å². The highest BCUT2D eigenvalue weighted by Gasteiger charge is 2.40. The Kier molecular flexibility index (Phi) is 7.88. The van der Waals surface area contributed by atoms with Gasteiger partial charge in [-0.25, -0.2) is 0 Å². The average Bonchev–Trinajstić information content (AvgIpc) is 2.64. The van der Waals surface area contributed by atoms with E-state index in [2.05, 4.69) is 10.6 Å². The van der Waals surface area contributed by atoms with Gasteiger partial charge in [-0.15, -0.1) is 12.4 Å². The van der Waals surface area contributed by atoms with E-state index in [-0.39, 0.29) is 31.3 Å². The molecule has 1 rings (SSSR count). The first kappa shape index (κ1) is 19.0. The zero-order valence-electron chi connectivity index (χ0n) is 11.1. The molecule has 9 heteroatoms. The highest BCUT2D eigenvalue weighted by Crippen LogP contribution is 2.23. The summed E-state index contributed by atoms with van der Waals surface area (Å²) in [6.45, 7) is 2.24. The SMILES string of the molecule is CCNCCNC(=O)C1CC(=O)N(CC(F)(F)F)C1.Cl. The highest BCUT2D eigenvalue weighted by molar-refractivity contribution is 5.89. The fraction of sp³-hybridized carbons (Fsp3) is 0.818. The van der Waals surface area contributed by atoms with E-state index in [0.29, 0.717) is 18.0 Å². The Morgan fingerprint density at radius 3 is 2.60 bits per heavy atom. The number of alkyl halides is 3. The van der Waals surface area contributed by atoms with Gasteiger partial charge in [-0.3, -0.25) is 9.59 Å². The monoisotopic (exact) mass is 317 g/mol. The third-order valence-corrected chi connectivity index (χ3v) is 2.81. The second-order valence-corrected chi connectivity index (χ2v) is 4.44. The lowest BCUT2D eigenvalue weighted by molar-refractivity contribution is -0.157. The summed E-state index contributed by atoms with van der Waals surface area (Å²) >= 11 is 0. The van der Waals surface area contributed by atoms with Crippen LogP contribution in [0.2, 0.25) is 0 Å². The third kappa shape index (κ3) is 6.42. The Morgan fingerprint density at radius 1 is 1.40 bits per heavy atom. The molecule has 0 aromatic carbocycles. The van der Waals surface area contributed by atoms with E-state index in [9.17, 15) is 22.8 Å². The molecule has 1 saturated heterocycles. The lowest BCUT2D eigenvalue weighted by atomic mass is 10.1. The number of halogens is 4. The maximum Gasteiger partial charge on any atom is 0.406 e. The molecule has 0 radical (unpaired) electrons. The second kappa shape index (κ2) is 8.31. The number of hydrogen-bond donors (Lipinski definition) is 2. The van der Waals surface area contributed by atoms with E-state index in [0.717, 1.165) is 6.54 Å². The van der Waals surface area contributed by atoms with Crippen LogP contribution in [-0.2, 0) is 9.59 Å². The molecule has 1 atom stereocenters. The molecule has 0 aromatic heterocycles. The highest BCUT2D eigenvalue weighted by atomic mass is 35.5. The van der Waals surface area contributed by atoms with Crippen LogP contribution >= 0.6 is 12.4 Å².